The van der Waals surface area contributed by atoms with Crippen LogP contribution in [0.2, 0.25) is 5.02 Å². The quantitative estimate of drug-likeness (QED) is 0.570. The number of ether oxygens (including phenoxy) is 1. The molecule has 2 aromatic rings. The molecule has 0 aliphatic carbocycles. The summed E-state index contributed by atoms with van der Waals surface area (Å²) in [6, 6.07) is 4.89. The summed E-state index contributed by atoms with van der Waals surface area (Å²) in [5.41, 5.74) is 1.44. The Morgan fingerprint density at radius 3 is 2.78 bits per heavy atom. The van der Waals surface area contributed by atoms with E-state index in [9.17, 15) is 9.59 Å². The second-order valence-corrected chi connectivity index (χ2v) is 5.45. The number of unbranched alkanes of at least 4 members (excludes halogenated alkanes) is 1. The SMILES string of the molecule is CCCCc1ncc(C=O)n1-c1ccc(C(=O)OCC)cc1Cl. The molecule has 0 radical (unpaired) electrons. The molecule has 0 N–H and O–H groups in total. The zero-order chi connectivity index (χ0) is 16.8. The van der Waals surface area contributed by atoms with Crippen LogP contribution in [0.4, 0.5) is 0 Å². The van der Waals surface area contributed by atoms with Crippen LogP contribution in [0.25, 0.3) is 5.69 Å². The molecule has 0 amide bonds. The van der Waals surface area contributed by atoms with Gasteiger partial charge in [0.05, 0.1) is 29.1 Å². The van der Waals surface area contributed by atoms with Crippen molar-refractivity contribution in [1.29, 1.82) is 0 Å². The van der Waals surface area contributed by atoms with E-state index >= 15 is 0 Å². The van der Waals surface area contributed by atoms with E-state index in [1.54, 1.807) is 29.7 Å². The minimum Gasteiger partial charge on any atom is -0.462 e. The number of aromatic nitrogens is 2. The predicted molar refractivity (Wildman–Crippen MR) is 88.5 cm³/mol. The van der Waals surface area contributed by atoms with E-state index in [-0.39, 0.29) is 0 Å². The molecule has 0 aliphatic heterocycles. The Balaban J connectivity index is 2.43. The normalized spacial score (nSPS) is 10.6. The van der Waals surface area contributed by atoms with E-state index < -0.39 is 5.97 Å². The maximum absolute atomic E-state index is 11.8. The Kier molecular flexibility index (Phi) is 5.93. The van der Waals surface area contributed by atoms with E-state index in [4.69, 9.17) is 16.3 Å². The van der Waals surface area contributed by atoms with Crippen LogP contribution in [-0.2, 0) is 11.2 Å². The lowest BCUT2D eigenvalue weighted by Crippen LogP contribution is -2.08. The van der Waals surface area contributed by atoms with Gasteiger partial charge in [0, 0.05) is 6.42 Å². The zero-order valence-electron chi connectivity index (χ0n) is 13.2. The van der Waals surface area contributed by atoms with Gasteiger partial charge in [0.15, 0.2) is 6.29 Å². The average Bonchev–Trinajstić information content (AvgIpc) is 2.95. The summed E-state index contributed by atoms with van der Waals surface area (Å²) in [5.74, 6) is 0.355. The molecule has 0 unspecified atom stereocenters. The maximum atomic E-state index is 11.8. The van der Waals surface area contributed by atoms with E-state index in [2.05, 4.69) is 11.9 Å². The number of aldehydes is 1. The molecule has 0 spiro atoms. The van der Waals surface area contributed by atoms with Crippen LogP contribution >= 0.6 is 11.6 Å². The van der Waals surface area contributed by atoms with Gasteiger partial charge in [0.1, 0.15) is 11.5 Å². The molecule has 0 fully saturated rings. The van der Waals surface area contributed by atoms with Gasteiger partial charge in [-0.15, -0.1) is 0 Å². The van der Waals surface area contributed by atoms with Gasteiger partial charge >= 0.3 is 5.97 Å². The molecule has 23 heavy (non-hydrogen) atoms. The van der Waals surface area contributed by atoms with Gasteiger partial charge in [0.25, 0.3) is 0 Å². The third-order valence-corrected chi connectivity index (χ3v) is 3.74. The minimum absolute atomic E-state index is 0.302. The molecular formula is C17H19ClN2O3. The summed E-state index contributed by atoms with van der Waals surface area (Å²) < 4.78 is 6.70. The van der Waals surface area contributed by atoms with Crippen LogP contribution in [0, 0.1) is 0 Å². The Morgan fingerprint density at radius 1 is 1.39 bits per heavy atom. The van der Waals surface area contributed by atoms with Crippen molar-refractivity contribution in [1.82, 2.24) is 9.55 Å². The van der Waals surface area contributed by atoms with Crippen molar-refractivity contribution in [2.45, 2.75) is 33.1 Å². The first-order valence-corrected chi connectivity index (χ1v) is 7.99. The van der Waals surface area contributed by atoms with E-state index in [0.29, 0.717) is 28.6 Å². The molecule has 0 saturated carbocycles. The Bertz CT molecular complexity index is 710. The lowest BCUT2D eigenvalue weighted by atomic mass is 10.2. The summed E-state index contributed by atoms with van der Waals surface area (Å²) in [5, 5.41) is 0.370. The first kappa shape index (κ1) is 17.2. The van der Waals surface area contributed by atoms with Crippen molar-refractivity contribution in [2.24, 2.45) is 0 Å². The first-order valence-electron chi connectivity index (χ1n) is 7.61. The highest BCUT2D eigenvalue weighted by Gasteiger charge is 2.16. The Hall–Kier alpha value is -2.14. The molecule has 1 aromatic heterocycles. The predicted octanol–water partition coefficient (Wildman–Crippen LogP) is 3.86. The first-order chi connectivity index (χ1) is 11.1. The molecule has 0 aliphatic rings. The number of halogens is 1. The Labute approximate surface area is 140 Å². The van der Waals surface area contributed by atoms with Crippen molar-refractivity contribution in [3.05, 3.63) is 46.5 Å². The summed E-state index contributed by atoms with van der Waals surface area (Å²) >= 11 is 6.33. The molecular weight excluding hydrogens is 316 g/mol. The summed E-state index contributed by atoms with van der Waals surface area (Å²) in [7, 11) is 0. The average molecular weight is 335 g/mol. The highest BCUT2D eigenvalue weighted by molar-refractivity contribution is 6.32. The van der Waals surface area contributed by atoms with Crippen LogP contribution in [-0.4, -0.2) is 28.4 Å². The third-order valence-electron chi connectivity index (χ3n) is 3.44. The van der Waals surface area contributed by atoms with Gasteiger partial charge in [-0.05, 0) is 31.5 Å². The number of carbonyl (C=O) groups excluding carboxylic acids is 2. The van der Waals surface area contributed by atoms with E-state index in [1.165, 1.54) is 6.20 Å². The molecule has 6 heteroatoms. The molecule has 122 valence electrons. The van der Waals surface area contributed by atoms with Crippen LogP contribution in [0.1, 0.15) is 53.4 Å². The molecule has 1 aromatic carbocycles. The topological polar surface area (TPSA) is 61.2 Å². The second kappa shape index (κ2) is 7.92. The van der Waals surface area contributed by atoms with Gasteiger partial charge in [0.2, 0.25) is 0 Å². The van der Waals surface area contributed by atoms with Crippen LogP contribution in [0.15, 0.2) is 24.4 Å². The number of hydrogen-bond donors (Lipinski definition) is 0. The van der Waals surface area contributed by atoms with Crippen molar-refractivity contribution in [3.8, 4) is 5.69 Å². The number of esters is 1. The molecule has 0 saturated heterocycles. The Morgan fingerprint density at radius 2 is 2.17 bits per heavy atom. The van der Waals surface area contributed by atoms with Gasteiger partial charge in [-0.2, -0.15) is 0 Å². The van der Waals surface area contributed by atoms with Gasteiger partial charge in [-0.3, -0.25) is 9.36 Å². The van der Waals surface area contributed by atoms with Crippen LogP contribution < -0.4 is 0 Å². The van der Waals surface area contributed by atoms with Crippen molar-refractivity contribution >= 4 is 23.9 Å². The fraction of sp³-hybridized carbons (Fsp3) is 0.353. The number of imidazole rings is 1. The van der Waals surface area contributed by atoms with Crippen molar-refractivity contribution in [2.75, 3.05) is 6.61 Å². The number of nitrogens with zero attached hydrogens (tertiary/aromatic N) is 2. The van der Waals surface area contributed by atoms with Gasteiger partial charge in [-0.25, -0.2) is 9.78 Å². The summed E-state index contributed by atoms with van der Waals surface area (Å²) in [4.78, 5) is 27.4. The van der Waals surface area contributed by atoms with Crippen molar-refractivity contribution < 1.29 is 14.3 Å². The lowest BCUT2D eigenvalue weighted by Gasteiger charge is -2.12. The fourth-order valence-corrected chi connectivity index (χ4v) is 2.57. The highest BCUT2D eigenvalue weighted by Crippen LogP contribution is 2.25. The van der Waals surface area contributed by atoms with E-state index in [1.807, 2.05) is 0 Å². The summed E-state index contributed by atoms with van der Waals surface area (Å²) in [6.07, 6.45) is 5.03. The molecule has 1 heterocycles. The number of carbonyl (C=O) groups is 2. The second-order valence-electron chi connectivity index (χ2n) is 5.04. The monoisotopic (exact) mass is 334 g/mol. The van der Waals surface area contributed by atoms with Gasteiger partial charge in [-0.1, -0.05) is 24.9 Å². The van der Waals surface area contributed by atoms with Crippen molar-refractivity contribution in [3.63, 3.8) is 0 Å². The summed E-state index contributed by atoms with van der Waals surface area (Å²) in [6.45, 7) is 4.14. The number of benzene rings is 1. The van der Waals surface area contributed by atoms with Gasteiger partial charge < -0.3 is 4.74 Å². The number of aryl methyl sites for hydroxylation is 1. The fourth-order valence-electron chi connectivity index (χ4n) is 2.31. The maximum Gasteiger partial charge on any atom is 0.338 e. The van der Waals surface area contributed by atoms with Crippen LogP contribution in [0.3, 0.4) is 0 Å². The molecule has 0 bridgehead atoms. The van der Waals surface area contributed by atoms with E-state index in [0.717, 1.165) is 31.4 Å². The number of hydrogen-bond acceptors (Lipinski definition) is 4. The lowest BCUT2D eigenvalue weighted by molar-refractivity contribution is 0.0526. The van der Waals surface area contributed by atoms with Crippen LogP contribution in [0.5, 0.6) is 0 Å². The minimum atomic E-state index is -0.423. The molecule has 2 rings (SSSR count). The number of rotatable bonds is 7. The molecule has 5 nitrogen and oxygen atoms in total. The highest BCUT2D eigenvalue weighted by atomic mass is 35.5. The standard InChI is InChI=1S/C17H19ClN2O3/c1-3-5-6-16-19-10-13(11-21)20(16)15-8-7-12(9-14(15)18)17(22)23-4-2/h7-11H,3-6H2,1-2H3. The smallest absolute Gasteiger partial charge is 0.338 e. The largest absolute Gasteiger partial charge is 0.462 e. The zero-order valence-corrected chi connectivity index (χ0v) is 14.0. The molecule has 0 atom stereocenters. The third kappa shape index (κ3) is 3.79.